The van der Waals surface area contributed by atoms with Crippen LogP contribution < -0.4 is 5.73 Å². The third kappa shape index (κ3) is 4.16. The lowest BCUT2D eigenvalue weighted by atomic mass is 10.0. The molecular formula is C19H21F3N8O. The quantitative estimate of drug-likeness (QED) is 0.588. The summed E-state index contributed by atoms with van der Waals surface area (Å²) >= 11 is 0. The summed E-state index contributed by atoms with van der Waals surface area (Å²) in [5.74, 6) is 0.462. The molecular weight excluding hydrogens is 413 g/mol. The molecule has 2 aromatic heterocycles. The molecule has 1 atom stereocenters. The minimum atomic E-state index is -4.46. The van der Waals surface area contributed by atoms with Crippen LogP contribution in [0.5, 0.6) is 0 Å². The summed E-state index contributed by atoms with van der Waals surface area (Å²) in [6.07, 6.45) is -2.34. The molecule has 12 heteroatoms. The van der Waals surface area contributed by atoms with Crippen molar-refractivity contribution >= 4 is 23.2 Å². The van der Waals surface area contributed by atoms with Crippen LogP contribution in [0, 0.1) is 26.0 Å². The first kappa shape index (κ1) is 21.0. The predicted molar refractivity (Wildman–Crippen MR) is 109 cm³/mol. The average Bonchev–Trinajstić information content (AvgIpc) is 3.22. The molecule has 0 bridgehead atoms. The maximum Gasteiger partial charge on any atom is 0.394 e. The second-order valence-electron chi connectivity index (χ2n) is 7.70. The van der Waals surface area contributed by atoms with Crippen molar-refractivity contribution in [2.45, 2.75) is 33.4 Å². The number of aliphatic imine (C=N–C) groups is 1. The number of rotatable bonds is 4. The van der Waals surface area contributed by atoms with E-state index in [0.717, 1.165) is 17.0 Å². The Kier molecular flexibility index (Phi) is 4.85. The largest absolute Gasteiger partial charge is 0.603 e. The molecule has 0 saturated carbocycles. The summed E-state index contributed by atoms with van der Waals surface area (Å²) in [6.45, 7) is 4.35. The van der Waals surface area contributed by atoms with E-state index in [0.29, 0.717) is 17.0 Å². The van der Waals surface area contributed by atoms with Gasteiger partial charge in [-0.15, -0.1) is 0 Å². The van der Waals surface area contributed by atoms with Crippen molar-refractivity contribution in [3.8, 4) is 0 Å². The number of aromatic nitrogens is 3. The van der Waals surface area contributed by atoms with Crippen LogP contribution in [0.3, 0.4) is 0 Å². The van der Waals surface area contributed by atoms with E-state index >= 15 is 0 Å². The Morgan fingerprint density at radius 1 is 1.19 bits per heavy atom. The van der Waals surface area contributed by atoms with Crippen molar-refractivity contribution in [3.05, 3.63) is 52.2 Å². The first-order valence-electron chi connectivity index (χ1n) is 9.53. The highest BCUT2D eigenvalue weighted by molar-refractivity contribution is 6.33. The summed E-state index contributed by atoms with van der Waals surface area (Å²) in [6, 6.07) is 3.59. The smallest absolute Gasteiger partial charge is 0.394 e. The van der Waals surface area contributed by atoms with Gasteiger partial charge in [-0.2, -0.15) is 23.3 Å². The monoisotopic (exact) mass is 434 g/mol. The number of guanidine groups is 1. The van der Waals surface area contributed by atoms with E-state index in [-0.39, 0.29) is 11.8 Å². The lowest BCUT2D eigenvalue weighted by molar-refractivity contribution is -0.888. The van der Waals surface area contributed by atoms with E-state index in [1.807, 2.05) is 20.8 Å². The third-order valence-corrected chi connectivity index (χ3v) is 4.88. The molecule has 0 aromatic carbocycles. The summed E-state index contributed by atoms with van der Waals surface area (Å²) in [4.78, 5) is 10.1. The Morgan fingerprint density at radius 3 is 2.45 bits per heavy atom. The molecule has 0 saturated heterocycles. The van der Waals surface area contributed by atoms with Gasteiger partial charge in [0.2, 0.25) is 11.8 Å². The summed E-state index contributed by atoms with van der Waals surface area (Å²) in [5, 5.41) is 21.5. The van der Waals surface area contributed by atoms with Gasteiger partial charge in [0.05, 0.1) is 18.2 Å². The van der Waals surface area contributed by atoms with Gasteiger partial charge in [-0.25, -0.2) is 14.3 Å². The molecule has 0 aliphatic carbocycles. The zero-order valence-electron chi connectivity index (χ0n) is 17.2. The summed E-state index contributed by atoms with van der Waals surface area (Å²) in [7, 11) is 0. The standard InChI is InChI=1S/C19H21F3N8O/c1-11-8-24-29(9-11)16-15(14-6-12(2)25-13(3)7-14)17-27-30(31,5-4-19(20,21)22)10-28(17)18(23)26-16/h6-9H,4-5,10H2,1-3H3,(H2,23,26). The first-order chi connectivity index (χ1) is 14.4. The Hall–Kier alpha value is -3.25. The van der Waals surface area contributed by atoms with E-state index < -0.39 is 30.6 Å². The van der Waals surface area contributed by atoms with Gasteiger partial charge in [0.25, 0.3) is 0 Å². The number of amidine groups is 1. The van der Waals surface area contributed by atoms with Crippen molar-refractivity contribution in [1.82, 2.24) is 19.7 Å². The van der Waals surface area contributed by atoms with Gasteiger partial charge in [-0.05, 0) is 44.0 Å². The van der Waals surface area contributed by atoms with Crippen molar-refractivity contribution in [2.75, 3.05) is 13.2 Å². The molecule has 0 amide bonds. The van der Waals surface area contributed by atoms with Crippen molar-refractivity contribution in [3.63, 3.8) is 0 Å². The normalized spacial score (nSPS) is 21.3. The Bertz CT molecular complexity index is 1110. The molecule has 2 N–H and O–H groups in total. The van der Waals surface area contributed by atoms with Crippen molar-refractivity contribution in [1.29, 1.82) is 0 Å². The van der Waals surface area contributed by atoms with Gasteiger partial charge in [-0.3, -0.25) is 4.98 Å². The van der Waals surface area contributed by atoms with Gasteiger partial charge < -0.3 is 10.9 Å². The van der Waals surface area contributed by atoms with Gasteiger partial charge in [0.15, 0.2) is 12.5 Å². The number of alkyl halides is 3. The number of aryl methyl sites for hydroxylation is 3. The van der Waals surface area contributed by atoms with Gasteiger partial charge >= 0.3 is 6.18 Å². The zero-order chi connectivity index (χ0) is 22.6. The maximum atomic E-state index is 13.1. The molecule has 31 heavy (non-hydrogen) atoms. The SMILES string of the molecule is Cc1cnn(C2=C(c3cc(C)nc(C)c3)C3=N[N+]([O-])(CCC(F)(F)F)CN3C(N)=N2)c1. The highest BCUT2D eigenvalue weighted by Gasteiger charge is 2.43. The summed E-state index contributed by atoms with van der Waals surface area (Å²) in [5.41, 5.74) is 9.54. The van der Waals surface area contributed by atoms with E-state index in [2.05, 4.69) is 20.2 Å². The van der Waals surface area contributed by atoms with Crippen molar-refractivity contribution < 1.29 is 17.9 Å². The second kappa shape index (κ2) is 7.17. The molecule has 2 aliphatic rings. The Labute approximate surface area is 176 Å². The number of fused-ring (bicyclic) bond motifs is 1. The molecule has 164 valence electrons. The topological polar surface area (TPSA) is 108 Å². The van der Waals surface area contributed by atoms with E-state index in [9.17, 15) is 18.4 Å². The minimum Gasteiger partial charge on any atom is -0.603 e. The molecule has 9 nitrogen and oxygen atoms in total. The van der Waals surface area contributed by atoms with Crippen LogP contribution in [-0.4, -0.2) is 55.6 Å². The van der Waals surface area contributed by atoms with Gasteiger partial charge in [0, 0.05) is 17.6 Å². The van der Waals surface area contributed by atoms with Crippen LogP contribution in [0.15, 0.2) is 34.6 Å². The molecule has 2 aliphatic heterocycles. The Balaban J connectivity index is 1.90. The first-order valence-corrected chi connectivity index (χ1v) is 9.53. The van der Waals surface area contributed by atoms with E-state index in [4.69, 9.17) is 5.73 Å². The lowest BCUT2D eigenvalue weighted by Crippen LogP contribution is -2.48. The number of quaternary nitrogens is 1. The van der Waals surface area contributed by atoms with Crippen LogP contribution in [0.1, 0.15) is 28.9 Å². The van der Waals surface area contributed by atoms with E-state index in [1.54, 1.807) is 24.5 Å². The highest BCUT2D eigenvalue weighted by Crippen LogP contribution is 2.35. The maximum absolute atomic E-state index is 13.1. The summed E-state index contributed by atoms with van der Waals surface area (Å²) < 4.78 is 38.3. The van der Waals surface area contributed by atoms with E-state index in [1.165, 1.54) is 9.58 Å². The van der Waals surface area contributed by atoms with Gasteiger partial charge in [-0.1, -0.05) is 5.10 Å². The molecule has 1 unspecified atom stereocenters. The zero-order valence-corrected chi connectivity index (χ0v) is 17.2. The van der Waals surface area contributed by atoms with Crippen LogP contribution in [0.4, 0.5) is 13.2 Å². The van der Waals surface area contributed by atoms with Gasteiger partial charge in [0.1, 0.15) is 6.54 Å². The van der Waals surface area contributed by atoms with Crippen molar-refractivity contribution in [2.24, 2.45) is 15.8 Å². The number of hydroxylamine groups is 2. The Morgan fingerprint density at radius 2 is 1.87 bits per heavy atom. The molecule has 4 rings (SSSR count). The number of halogens is 3. The molecule has 0 radical (unpaired) electrons. The third-order valence-electron chi connectivity index (χ3n) is 4.88. The van der Waals surface area contributed by atoms with Crippen LogP contribution >= 0.6 is 0 Å². The highest BCUT2D eigenvalue weighted by atomic mass is 19.4. The average molecular weight is 434 g/mol. The number of nitrogens with zero attached hydrogens (tertiary/aromatic N) is 7. The number of nitrogens with two attached hydrogens (primary N) is 1. The molecule has 0 spiro atoms. The second-order valence-corrected chi connectivity index (χ2v) is 7.70. The predicted octanol–water partition coefficient (Wildman–Crippen LogP) is 2.71. The number of pyridine rings is 1. The number of hydrogen-bond acceptors (Lipinski definition) is 7. The fourth-order valence-electron chi connectivity index (χ4n) is 3.59. The van der Waals surface area contributed by atoms with Crippen LogP contribution in [-0.2, 0) is 0 Å². The number of hydrogen-bond donors (Lipinski definition) is 1. The molecule has 0 fully saturated rings. The minimum absolute atomic E-state index is 0.0315. The van der Waals surface area contributed by atoms with Crippen LogP contribution in [0.25, 0.3) is 11.4 Å². The van der Waals surface area contributed by atoms with Crippen LogP contribution in [0.2, 0.25) is 0 Å². The molecule has 4 heterocycles. The fourth-order valence-corrected chi connectivity index (χ4v) is 3.59. The molecule has 2 aromatic rings. The lowest BCUT2D eigenvalue weighted by Gasteiger charge is -2.33. The fraction of sp³-hybridized carbons (Fsp3) is 0.368.